The Morgan fingerprint density at radius 1 is 1.11 bits per heavy atom. The third-order valence-electron chi connectivity index (χ3n) is 3.84. The van der Waals surface area contributed by atoms with Crippen LogP contribution in [0.3, 0.4) is 0 Å². The molecule has 1 aliphatic heterocycles. The Balaban J connectivity index is 1.86. The second kappa shape index (κ2) is 7.55. The van der Waals surface area contributed by atoms with Crippen LogP contribution in [-0.2, 0) is 0 Å². The van der Waals surface area contributed by atoms with E-state index in [0.29, 0.717) is 6.04 Å². The van der Waals surface area contributed by atoms with Crippen LogP contribution in [0.25, 0.3) is 0 Å². The van der Waals surface area contributed by atoms with Gasteiger partial charge in [0.25, 0.3) is 0 Å². The van der Waals surface area contributed by atoms with E-state index in [4.69, 9.17) is 0 Å². The van der Waals surface area contributed by atoms with Crippen LogP contribution in [-0.4, -0.2) is 31.1 Å². The second-order valence-corrected chi connectivity index (χ2v) is 5.21. The second-order valence-electron chi connectivity index (χ2n) is 5.21. The molecule has 1 aliphatic rings. The van der Waals surface area contributed by atoms with Crippen LogP contribution < -0.4 is 5.32 Å². The minimum absolute atomic E-state index is 0.512. The van der Waals surface area contributed by atoms with Gasteiger partial charge in [0, 0.05) is 6.04 Å². The number of hydrogen-bond donors (Lipinski definition) is 1. The van der Waals surface area contributed by atoms with Crippen molar-refractivity contribution in [2.45, 2.75) is 38.6 Å². The maximum Gasteiger partial charge on any atom is 0.0332 e. The minimum atomic E-state index is 0.512. The molecule has 1 unspecified atom stereocenters. The summed E-state index contributed by atoms with van der Waals surface area (Å²) in [5.74, 6) is 0. The fourth-order valence-corrected chi connectivity index (χ4v) is 2.81. The molecule has 1 aromatic rings. The van der Waals surface area contributed by atoms with Crippen molar-refractivity contribution in [3.05, 3.63) is 35.9 Å². The van der Waals surface area contributed by atoms with Gasteiger partial charge in [-0.2, -0.15) is 0 Å². The van der Waals surface area contributed by atoms with Gasteiger partial charge in [0.2, 0.25) is 0 Å². The summed E-state index contributed by atoms with van der Waals surface area (Å²) in [4.78, 5) is 2.62. The molecule has 1 saturated heterocycles. The number of hydrogen-bond acceptors (Lipinski definition) is 2. The first-order chi connectivity index (χ1) is 8.90. The molecule has 1 atom stereocenters. The predicted molar refractivity (Wildman–Crippen MR) is 77.8 cm³/mol. The molecule has 2 heteroatoms. The lowest BCUT2D eigenvalue weighted by atomic mass is 10.0. The summed E-state index contributed by atoms with van der Waals surface area (Å²) in [6, 6.07) is 11.4. The van der Waals surface area contributed by atoms with Crippen LogP contribution in [0, 0.1) is 0 Å². The average molecular weight is 246 g/mol. The molecule has 1 aromatic carbocycles. The normalized spacial score (nSPS) is 18.7. The maximum atomic E-state index is 3.61. The van der Waals surface area contributed by atoms with Crippen LogP contribution >= 0.6 is 0 Å². The van der Waals surface area contributed by atoms with E-state index in [1.807, 2.05) is 0 Å². The molecule has 1 N–H and O–H groups in total. The first kappa shape index (κ1) is 13.6. The Labute approximate surface area is 111 Å². The van der Waals surface area contributed by atoms with Crippen molar-refractivity contribution in [1.29, 1.82) is 0 Å². The molecule has 0 saturated carbocycles. The molecule has 18 heavy (non-hydrogen) atoms. The van der Waals surface area contributed by atoms with E-state index in [1.54, 1.807) is 0 Å². The summed E-state index contributed by atoms with van der Waals surface area (Å²) in [7, 11) is 0. The summed E-state index contributed by atoms with van der Waals surface area (Å²) in [5.41, 5.74) is 1.43. The van der Waals surface area contributed by atoms with Crippen LogP contribution in [0.1, 0.15) is 44.2 Å². The van der Waals surface area contributed by atoms with Crippen LogP contribution in [0.15, 0.2) is 30.3 Å². The lowest BCUT2D eigenvalue weighted by molar-refractivity contribution is 0.217. The van der Waals surface area contributed by atoms with Crippen LogP contribution in [0.5, 0.6) is 0 Å². The highest BCUT2D eigenvalue weighted by Gasteiger charge is 2.14. The molecule has 0 spiro atoms. The third-order valence-corrected chi connectivity index (χ3v) is 3.84. The molecule has 1 heterocycles. The fourth-order valence-electron chi connectivity index (χ4n) is 2.81. The lowest BCUT2D eigenvalue weighted by Gasteiger charge is -2.28. The Hall–Kier alpha value is -0.860. The molecular weight excluding hydrogens is 220 g/mol. The highest BCUT2D eigenvalue weighted by molar-refractivity contribution is 5.18. The zero-order valence-corrected chi connectivity index (χ0v) is 11.6. The molecule has 0 bridgehead atoms. The van der Waals surface area contributed by atoms with Gasteiger partial charge in [-0.05, 0) is 51.0 Å². The predicted octanol–water partition coefficient (Wildman–Crippen LogP) is 3.21. The Morgan fingerprint density at radius 3 is 2.50 bits per heavy atom. The van der Waals surface area contributed by atoms with Gasteiger partial charge in [0.15, 0.2) is 0 Å². The molecule has 0 aromatic heterocycles. The number of nitrogens with one attached hydrogen (secondary N) is 1. The van der Waals surface area contributed by atoms with Gasteiger partial charge in [0.05, 0.1) is 0 Å². The highest BCUT2D eigenvalue weighted by atomic mass is 15.1. The van der Waals surface area contributed by atoms with Crippen molar-refractivity contribution in [2.24, 2.45) is 0 Å². The molecule has 2 nitrogen and oxygen atoms in total. The first-order valence-corrected chi connectivity index (χ1v) is 7.41. The van der Waals surface area contributed by atoms with E-state index in [2.05, 4.69) is 47.5 Å². The molecular formula is C16H26N2. The fraction of sp³-hybridized carbons (Fsp3) is 0.625. The topological polar surface area (TPSA) is 15.3 Å². The smallest absolute Gasteiger partial charge is 0.0332 e. The summed E-state index contributed by atoms with van der Waals surface area (Å²) in [5, 5.41) is 3.61. The SMILES string of the molecule is CCNC(CCN1CCCCC1)c1ccccc1. The van der Waals surface area contributed by atoms with Gasteiger partial charge in [-0.15, -0.1) is 0 Å². The maximum absolute atomic E-state index is 3.61. The van der Waals surface area contributed by atoms with Crippen molar-refractivity contribution in [3.63, 3.8) is 0 Å². The molecule has 1 fully saturated rings. The van der Waals surface area contributed by atoms with Gasteiger partial charge in [0.1, 0.15) is 0 Å². The highest BCUT2D eigenvalue weighted by Crippen LogP contribution is 2.18. The monoisotopic (exact) mass is 246 g/mol. The van der Waals surface area contributed by atoms with Gasteiger partial charge in [-0.3, -0.25) is 0 Å². The minimum Gasteiger partial charge on any atom is -0.310 e. The lowest BCUT2D eigenvalue weighted by Crippen LogP contribution is -2.33. The summed E-state index contributed by atoms with van der Waals surface area (Å²) < 4.78 is 0. The molecule has 0 radical (unpaired) electrons. The summed E-state index contributed by atoms with van der Waals surface area (Å²) >= 11 is 0. The first-order valence-electron chi connectivity index (χ1n) is 7.41. The van der Waals surface area contributed by atoms with E-state index < -0.39 is 0 Å². The van der Waals surface area contributed by atoms with Crippen LogP contribution in [0.2, 0.25) is 0 Å². The quantitative estimate of drug-likeness (QED) is 0.829. The average Bonchev–Trinajstić information content (AvgIpc) is 2.45. The molecule has 100 valence electrons. The van der Waals surface area contributed by atoms with Gasteiger partial charge < -0.3 is 10.2 Å². The van der Waals surface area contributed by atoms with Gasteiger partial charge in [-0.1, -0.05) is 43.7 Å². The van der Waals surface area contributed by atoms with E-state index >= 15 is 0 Å². The van der Waals surface area contributed by atoms with E-state index in [1.165, 1.54) is 50.9 Å². The van der Waals surface area contributed by atoms with Gasteiger partial charge >= 0.3 is 0 Å². The molecule has 2 rings (SSSR count). The summed E-state index contributed by atoms with van der Waals surface area (Å²) in [6.07, 6.45) is 5.41. The Kier molecular flexibility index (Phi) is 5.69. The number of rotatable bonds is 6. The zero-order valence-electron chi connectivity index (χ0n) is 11.6. The van der Waals surface area contributed by atoms with Crippen molar-refractivity contribution in [1.82, 2.24) is 10.2 Å². The number of piperidine rings is 1. The number of nitrogens with zero attached hydrogens (tertiary/aromatic N) is 1. The molecule has 0 aliphatic carbocycles. The Bertz CT molecular complexity index is 317. The number of likely N-dealkylation sites (tertiary alicyclic amines) is 1. The number of benzene rings is 1. The van der Waals surface area contributed by atoms with Crippen molar-refractivity contribution in [2.75, 3.05) is 26.2 Å². The molecule has 0 amide bonds. The zero-order chi connectivity index (χ0) is 12.6. The van der Waals surface area contributed by atoms with Crippen molar-refractivity contribution in [3.8, 4) is 0 Å². The third kappa shape index (κ3) is 4.11. The van der Waals surface area contributed by atoms with Crippen LogP contribution in [0.4, 0.5) is 0 Å². The summed E-state index contributed by atoms with van der Waals surface area (Å²) in [6.45, 7) is 7.06. The van der Waals surface area contributed by atoms with Crippen molar-refractivity contribution < 1.29 is 0 Å². The standard InChI is InChI=1S/C16H26N2/c1-2-17-16(15-9-5-3-6-10-15)11-14-18-12-7-4-8-13-18/h3,5-6,9-10,16-17H,2,4,7-8,11-14H2,1H3. The van der Waals surface area contributed by atoms with E-state index in [0.717, 1.165) is 6.54 Å². The van der Waals surface area contributed by atoms with E-state index in [-0.39, 0.29) is 0 Å². The van der Waals surface area contributed by atoms with Gasteiger partial charge in [-0.25, -0.2) is 0 Å². The van der Waals surface area contributed by atoms with Crippen molar-refractivity contribution >= 4 is 0 Å². The van der Waals surface area contributed by atoms with E-state index in [9.17, 15) is 0 Å². The Morgan fingerprint density at radius 2 is 1.83 bits per heavy atom. The largest absolute Gasteiger partial charge is 0.310 e.